The number of amides is 1. The summed E-state index contributed by atoms with van der Waals surface area (Å²) >= 11 is 0. The van der Waals surface area contributed by atoms with Crippen LogP contribution in [-0.4, -0.2) is 42.6 Å². The summed E-state index contributed by atoms with van der Waals surface area (Å²) in [4.78, 5) is 34.5. The van der Waals surface area contributed by atoms with Gasteiger partial charge in [0.15, 0.2) is 0 Å². The van der Waals surface area contributed by atoms with Crippen LogP contribution in [0.4, 0.5) is 0 Å². The van der Waals surface area contributed by atoms with Crippen molar-refractivity contribution in [3.05, 3.63) is 0 Å². The number of ether oxygens (including phenoxy) is 1. The first kappa shape index (κ1) is 17.4. The highest BCUT2D eigenvalue weighted by molar-refractivity contribution is 5.85. The zero-order valence-corrected chi connectivity index (χ0v) is 12.3. The largest absolute Gasteiger partial charge is 0.480 e. The number of methoxy groups -OCH3 is 1. The molecule has 7 heteroatoms. The van der Waals surface area contributed by atoms with Crippen molar-refractivity contribution in [1.29, 1.82) is 0 Å². The summed E-state index contributed by atoms with van der Waals surface area (Å²) in [5.41, 5.74) is 5.68. The number of carboxylic acids is 1. The average molecular weight is 300 g/mol. The van der Waals surface area contributed by atoms with Crippen molar-refractivity contribution in [3.63, 3.8) is 0 Å². The maximum Gasteiger partial charge on any atom is 0.326 e. The van der Waals surface area contributed by atoms with E-state index < -0.39 is 18.0 Å². The number of hydrogen-bond donors (Lipinski definition) is 3. The third-order valence-corrected chi connectivity index (χ3v) is 4.03. The molecule has 1 aliphatic carbocycles. The highest BCUT2D eigenvalue weighted by Crippen LogP contribution is 2.29. The molecule has 0 aromatic rings. The molecule has 3 atom stereocenters. The minimum absolute atomic E-state index is 0.0216. The van der Waals surface area contributed by atoms with Crippen LogP contribution in [0.25, 0.3) is 0 Å². The van der Waals surface area contributed by atoms with Crippen LogP contribution in [0.5, 0.6) is 0 Å². The molecular weight excluding hydrogens is 276 g/mol. The van der Waals surface area contributed by atoms with Crippen LogP contribution >= 0.6 is 0 Å². The van der Waals surface area contributed by atoms with E-state index in [2.05, 4.69) is 10.1 Å². The molecule has 0 saturated heterocycles. The van der Waals surface area contributed by atoms with E-state index in [1.807, 2.05) is 0 Å². The Balaban J connectivity index is 2.58. The number of carbonyl (C=O) groups excluding carboxylic acids is 2. The lowest BCUT2D eigenvalue weighted by molar-refractivity contribution is -0.145. The van der Waals surface area contributed by atoms with Crippen molar-refractivity contribution in [2.24, 2.45) is 17.6 Å². The minimum Gasteiger partial charge on any atom is -0.480 e. The van der Waals surface area contributed by atoms with E-state index in [9.17, 15) is 14.4 Å². The van der Waals surface area contributed by atoms with E-state index in [0.29, 0.717) is 6.54 Å². The molecule has 1 amide bonds. The molecule has 2 unspecified atom stereocenters. The second-order valence-corrected chi connectivity index (χ2v) is 5.40. The fraction of sp³-hybridized carbons (Fsp3) is 0.786. The molecule has 0 spiro atoms. The second kappa shape index (κ2) is 8.61. The number of nitrogens with one attached hydrogen (secondary N) is 1. The molecule has 0 aromatic heterocycles. The van der Waals surface area contributed by atoms with Gasteiger partial charge < -0.3 is 20.9 Å². The molecular formula is C14H24N2O5. The van der Waals surface area contributed by atoms with Crippen LogP contribution in [0.1, 0.15) is 38.5 Å². The van der Waals surface area contributed by atoms with Gasteiger partial charge in [0.2, 0.25) is 5.91 Å². The summed E-state index contributed by atoms with van der Waals surface area (Å²) in [7, 11) is 1.24. The maximum absolute atomic E-state index is 12.3. The molecule has 0 radical (unpaired) electrons. The van der Waals surface area contributed by atoms with Crippen molar-refractivity contribution >= 4 is 17.8 Å². The smallest absolute Gasteiger partial charge is 0.326 e. The Morgan fingerprint density at radius 2 is 2.00 bits per heavy atom. The standard InChI is InChI=1S/C14H24N2O5/c1-21-12(17)7-6-11(14(19)20)16-13(18)10-5-3-2-4-9(10)8-15/h9-11H,2-8,15H2,1H3,(H,16,18)(H,19,20)/t9?,10?,11-/m1/s1. The third kappa shape index (κ3) is 5.34. The van der Waals surface area contributed by atoms with Gasteiger partial charge in [0, 0.05) is 12.3 Å². The van der Waals surface area contributed by atoms with Crippen molar-refractivity contribution < 1.29 is 24.2 Å². The lowest BCUT2D eigenvalue weighted by atomic mass is 9.78. The summed E-state index contributed by atoms with van der Waals surface area (Å²) in [6.07, 6.45) is 3.61. The molecule has 1 rings (SSSR count). The monoisotopic (exact) mass is 300 g/mol. The van der Waals surface area contributed by atoms with Crippen LogP contribution in [0, 0.1) is 11.8 Å². The number of rotatable bonds is 7. The molecule has 1 aliphatic rings. The van der Waals surface area contributed by atoms with Gasteiger partial charge in [0.1, 0.15) is 6.04 Å². The zero-order chi connectivity index (χ0) is 15.8. The Morgan fingerprint density at radius 3 is 2.57 bits per heavy atom. The highest BCUT2D eigenvalue weighted by Gasteiger charge is 2.32. The predicted molar refractivity (Wildman–Crippen MR) is 75.3 cm³/mol. The fourth-order valence-corrected chi connectivity index (χ4v) is 2.74. The van der Waals surface area contributed by atoms with Gasteiger partial charge in [-0.2, -0.15) is 0 Å². The molecule has 0 heterocycles. The van der Waals surface area contributed by atoms with Crippen LogP contribution in [0.15, 0.2) is 0 Å². The first-order chi connectivity index (χ1) is 9.99. The molecule has 120 valence electrons. The van der Waals surface area contributed by atoms with Crippen LogP contribution in [0.3, 0.4) is 0 Å². The van der Waals surface area contributed by atoms with Crippen molar-refractivity contribution in [2.45, 2.75) is 44.6 Å². The van der Waals surface area contributed by atoms with Crippen LogP contribution < -0.4 is 11.1 Å². The zero-order valence-electron chi connectivity index (χ0n) is 12.3. The third-order valence-electron chi connectivity index (χ3n) is 4.03. The number of carbonyl (C=O) groups is 3. The molecule has 4 N–H and O–H groups in total. The topological polar surface area (TPSA) is 119 Å². The number of nitrogens with two attached hydrogens (primary N) is 1. The van der Waals surface area contributed by atoms with Gasteiger partial charge in [0.05, 0.1) is 7.11 Å². The summed E-state index contributed by atoms with van der Waals surface area (Å²) in [5, 5.41) is 11.7. The highest BCUT2D eigenvalue weighted by atomic mass is 16.5. The van der Waals surface area contributed by atoms with Gasteiger partial charge in [-0.1, -0.05) is 12.8 Å². The van der Waals surface area contributed by atoms with Gasteiger partial charge in [0.25, 0.3) is 0 Å². The predicted octanol–water partition coefficient (Wildman–Crippen LogP) is 0.274. The van der Waals surface area contributed by atoms with Crippen molar-refractivity contribution in [1.82, 2.24) is 5.32 Å². The van der Waals surface area contributed by atoms with E-state index in [1.54, 1.807) is 0 Å². The van der Waals surface area contributed by atoms with E-state index >= 15 is 0 Å². The Bertz CT molecular complexity index is 386. The first-order valence-electron chi connectivity index (χ1n) is 7.29. The molecule has 0 aliphatic heterocycles. The molecule has 1 fully saturated rings. The molecule has 1 saturated carbocycles. The van der Waals surface area contributed by atoms with Gasteiger partial charge in [-0.25, -0.2) is 4.79 Å². The Labute approximate surface area is 124 Å². The quantitative estimate of drug-likeness (QED) is 0.581. The molecule has 7 nitrogen and oxygen atoms in total. The minimum atomic E-state index is -1.15. The summed E-state index contributed by atoms with van der Waals surface area (Å²) < 4.78 is 4.48. The summed E-state index contributed by atoms with van der Waals surface area (Å²) in [6.45, 7) is 0.429. The van der Waals surface area contributed by atoms with Gasteiger partial charge in [-0.15, -0.1) is 0 Å². The number of carboxylic acid groups (broad SMARTS) is 1. The number of esters is 1. The molecule has 21 heavy (non-hydrogen) atoms. The average Bonchev–Trinajstić information content (AvgIpc) is 2.50. The Kier molecular flexibility index (Phi) is 7.14. The van der Waals surface area contributed by atoms with Crippen molar-refractivity contribution in [2.75, 3.05) is 13.7 Å². The van der Waals surface area contributed by atoms with E-state index in [1.165, 1.54) is 7.11 Å². The summed E-state index contributed by atoms with van der Waals surface area (Å²) in [5.74, 6) is -2.04. The lowest BCUT2D eigenvalue weighted by Gasteiger charge is -2.30. The van der Waals surface area contributed by atoms with E-state index in [-0.39, 0.29) is 30.6 Å². The number of hydrogen-bond acceptors (Lipinski definition) is 5. The van der Waals surface area contributed by atoms with Gasteiger partial charge in [-0.05, 0) is 31.7 Å². The van der Waals surface area contributed by atoms with Gasteiger partial charge in [-0.3, -0.25) is 9.59 Å². The van der Waals surface area contributed by atoms with Crippen LogP contribution in [0.2, 0.25) is 0 Å². The van der Waals surface area contributed by atoms with E-state index in [0.717, 1.165) is 25.7 Å². The van der Waals surface area contributed by atoms with E-state index in [4.69, 9.17) is 10.8 Å². The summed E-state index contributed by atoms with van der Waals surface area (Å²) in [6, 6.07) is -1.07. The van der Waals surface area contributed by atoms with Crippen molar-refractivity contribution in [3.8, 4) is 0 Å². The Morgan fingerprint density at radius 1 is 1.33 bits per heavy atom. The number of aliphatic carboxylic acids is 1. The first-order valence-corrected chi connectivity index (χ1v) is 7.29. The normalized spacial score (nSPS) is 23.1. The lowest BCUT2D eigenvalue weighted by Crippen LogP contribution is -2.47. The maximum atomic E-state index is 12.3. The molecule has 0 aromatic carbocycles. The fourth-order valence-electron chi connectivity index (χ4n) is 2.74. The SMILES string of the molecule is COC(=O)CC[C@@H](NC(=O)C1CCCCC1CN)C(=O)O. The second-order valence-electron chi connectivity index (χ2n) is 5.40. The Hall–Kier alpha value is -1.63. The molecule has 0 bridgehead atoms. The van der Waals surface area contributed by atoms with Crippen LogP contribution in [-0.2, 0) is 19.1 Å². The van der Waals surface area contributed by atoms with Gasteiger partial charge >= 0.3 is 11.9 Å².